The number of rotatable bonds is 9. The van der Waals surface area contributed by atoms with Gasteiger partial charge in [0.2, 0.25) is 0 Å². The molecule has 1 unspecified atom stereocenters. The van der Waals surface area contributed by atoms with E-state index < -0.39 is 0 Å². The lowest BCUT2D eigenvalue weighted by Gasteiger charge is -2.18. The molecule has 154 valence electrons. The third-order valence-electron chi connectivity index (χ3n) is 5.33. The molecule has 0 aromatic heterocycles. The number of allylic oxidation sites excluding steroid dienone is 8. The molecule has 0 fully saturated rings. The summed E-state index contributed by atoms with van der Waals surface area (Å²) in [7, 11) is 0. The van der Waals surface area contributed by atoms with Crippen molar-refractivity contribution in [2.75, 3.05) is 0 Å². The molecule has 0 N–H and O–H groups in total. The van der Waals surface area contributed by atoms with Crippen LogP contribution in [0.1, 0.15) is 40.7 Å². The molecule has 2 aromatic carbocycles. The molecule has 2 rings (SSSR count). The topological polar surface area (TPSA) is 0 Å². The summed E-state index contributed by atoms with van der Waals surface area (Å²) in [4.78, 5) is 0. The van der Waals surface area contributed by atoms with Crippen LogP contribution in [-0.2, 0) is 6.42 Å². The summed E-state index contributed by atoms with van der Waals surface area (Å²) < 4.78 is 14.3. The molecule has 30 heavy (non-hydrogen) atoms. The van der Waals surface area contributed by atoms with E-state index in [2.05, 4.69) is 82.6 Å². The first-order valence-electron chi connectivity index (χ1n) is 10.1. The highest BCUT2D eigenvalue weighted by atomic mass is 19.1. The van der Waals surface area contributed by atoms with E-state index in [-0.39, 0.29) is 11.7 Å². The van der Waals surface area contributed by atoms with E-state index in [0.717, 1.165) is 16.7 Å². The Kier molecular flexibility index (Phi) is 8.12. The smallest absolute Gasteiger partial charge is 0.130 e. The van der Waals surface area contributed by atoms with Crippen molar-refractivity contribution in [3.05, 3.63) is 143 Å². The standard InChI is InChI=1S/C29H31F/c1-8-11-29(30)27(9-2)23(7)22(6)18-26-19-25(17-14-21(26)5)28(10-3)24-15-12-20(4)13-16-24/h8-17,19,28H,2-3,6-7,18H2,1,4-5H3/b11-8-,29-27+. The van der Waals surface area contributed by atoms with E-state index in [0.29, 0.717) is 17.6 Å². The van der Waals surface area contributed by atoms with Crippen molar-refractivity contribution < 1.29 is 4.39 Å². The Morgan fingerprint density at radius 3 is 2.20 bits per heavy atom. The SMILES string of the molecule is C=C/C(C(=C)C(=C)Cc1cc(C(C=C)c2ccc(C)cc2)ccc1C)=C(F)/C=C\C. The van der Waals surface area contributed by atoms with Crippen molar-refractivity contribution in [1.29, 1.82) is 0 Å². The second-order valence-electron chi connectivity index (χ2n) is 7.53. The number of hydrogen-bond acceptors (Lipinski definition) is 0. The molecular formula is C29H31F. The van der Waals surface area contributed by atoms with Gasteiger partial charge in [-0.1, -0.05) is 86.0 Å². The van der Waals surface area contributed by atoms with Gasteiger partial charge >= 0.3 is 0 Å². The minimum atomic E-state index is -0.352. The first-order chi connectivity index (χ1) is 14.3. The predicted octanol–water partition coefficient (Wildman–Crippen LogP) is 8.26. The molecule has 0 nitrogen and oxygen atoms in total. The molecular weight excluding hydrogens is 367 g/mol. The van der Waals surface area contributed by atoms with Crippen molar-refractivity contribution in [1.82, 2.24) is 0 Å². The van der Waals surface area contributed by atoms with Gasteiger partial charge in [0.25, 0.3) is 0 Å². The highest BCUT2D eigenvalue weighted by Gasteiger charge is 2.14. The van der Waals surface area contributed by atoms with Crippen molar-refractivity contribution >= 4 is 0 Å². The Balaban J connectivity index is 2.35. The van der Waals surface area contributed by atoms with Crippen LogP contribution in [-0.4, -0.2) is 0 Å². The average molecular weight is 399 g/mol. The van der Waals surface area contributed by atoms with E-state index in [9.17, 15) is 4.39 Å². The van der Waals surface area contributed by atoms with Crippen molar-refractivity contribution in [3.8, 4) is 0 Å². The Labute approximate surface area is 181 Å². The minimum absolute atomic E-state index is 0.109. The lowest BCUT2D eigenvalue weighted by Crippen LogP contribution is -2.02. The zero-order chi connectivity index (χ0) is 22.3. The number of benzene rings is 2. The van der Waals surface area contributed by atoms with Crippen LogP contribution < -0.4 is 0 Å². The fourth-order valence-corrected chi connectivity index (χ4v) is 3.44. The van der Waals surface area contributed by atoms with Crippen LogP contribution in [0.4, 0.5) is 4.39 Å². The van der Waals surface area contributed by atoms with Gasteiger partial charge in [-0.15, -0.1) is 6.58 Å². The third-order valence-corrected chi connectivity index (χ3v) is 5.33. The quantitative estimate of drug-likeness (QED) is 0.294. The maximum Gasteiger partial charge on any atom is 0.130 e. The summed E-state index contributed by atoms with van der Waals surface area (Å²) in [5, 5.41) is 0. The Hall–Kier alpha value is -3.19. The van der Waals surface area contributed by atoms with Gasteiger partial charge in [-0.2, -0.15) is 0 Å². The van der Waals surface area contributed by atoms with Gasteiger partial charge < -0.3 is 0 Å². The summed E-state index contributed by atoms with van der Waals surface area (Å²) in [6.45, 7) is 22.0. The molecule has 0 heterocycles. The summed E-state index contributed by atoms with van der Waals surface area (Å²) in [5.41, 5.74) is 7.66. The summed E-state index contributed by atoms with van der Waals surface area (Å²) >= 11 is 0. The van der Waals surface area contributed by atoms with Crippen LogP contribution in [0.15, 0.2) is 116 Å². The van der Waals surface area contributed by atoms with Gasteiger partial charge in [-0.05, 0) is 66.7 Å². The van der Waals surface area contributed by atoms with Crippen LogP contribution in [0.3, 0.4) is 0 Å². The fourth-order valence-electron chi connectivity index (χ4n) is 3.44. The first-order valence-corrected chi connectivity index (χ1v) is 10.1. The zero-order valence-electron chi connectivity index (χ0n) is 18.3. The van der Waals surface area contributed by atoms with Gasteiger partial charge in [-0.25, -0.2) is 4.39 Å². The van der Waals surface area contributed by atoms with E-state index in [1.165, 1.54) is 28.8 Å². The molecule has 1 heteroatoms. The van der Waals surface area contributed by atoms with Gasteiger partial charge in [0.15, 0.2) is 0 Å². The van der Waals surface area contributed by atoms with Gasteiger partial charge in [0.05, 0.1) is 0 Å². The van der Waals surface area contributed by atoms with E-state index >= 15 is 0 Å². The van der Waals surface area contributed by atoms with E-state index in [1.54, 1.807) is 13.0 Å². The van der Waals surface area contributed by atoms with Crippen LogP contribution in [0.2, 0.25) is 0 Å². The highest BCUT2D eigenvalue weighted by Crippen LogP contribution is 2.30. The van der Waals surface area contributed by atoms with Gasteiger partial charge in [0.1, 0.15) is 5.83 Å². The second-order valence-corrected chi connectivity index (χ2v) is 7.53. The molecule has 0 spiro atoms. The first kappa shape index (κ1) is 23.1. The molecule has 0 radical (unpaired) electrons. The second kappa shape index (κ2) is 10.5. The average Bonchev–Trinajstić information content (AvgIpc) is 2.72. The molecule has 0 aliphatic heterocycles. The fraction of sp³-hybridized carbons (Fsp3) is 0.172. The largest absolute Gasteiger partial charge is 0.206 e. The normalized spacial score (nSPS) is 12.9. The number of aryl methyl sites for hydroxylation is 2. The minimum Gasteiger partial charge on any atom is -0.206 e. The van der Waals surface area contributed by atoms with Crippen LogP contribution >= 0.6 is 0 Å². The maximum atomic E-state index is 14.3. The summed E-state index contributed by atoms with van der Waals surface area (Å²) in [6.07, 6.45) is 7.13. The Morgan fingerprint density at radius 2 is 1.63 bits per heavy atom. The molecule has 1 atom stereocenters. The molecule has 2 aromatic rings. The summed E-state index contributed by atoms with van der Waals surface area (Å²) in [5.74, 6) is -0.243. The Bertz CT molecular complexity index is 1010. The molecule has 0 aliphatic rings. The van der Waals surface area contributed by atoms with Crippen molar-refractivity contribution in [2.45, 2.75) is 33.1 Å². The molecule has 0 saturated heterocycles. The van der Waals surface area contributed by atoms with Gasteiger partial charge in [0, 0.05) is 11.5 Å². The molecule has 0 bridgehead atoms. The molecule has 0 amide bonds. The summed E-state index contributed by atoms with van der Waals surface area (Å²) in [6, 6.07) is 15.0. The van der Waals surface area contributed by atoms with Crippen LogP contribution in [0.5, 0.6) is 0 Å². The van der Waals surface area contributed by atoms with E-state index in [4.69, 9.17) is 0 Å². The van der Waals surface area contributed by atoms with Crippen molar-refractivity contribution in [3.63, 3.8) is 0 Å². The van der Waals surface area contributed by atoms with Crippen molar-refractivity contribution in [2.24, 2.45) is 0 Å². The highest BCUT2D eigenvalue weighted by molar-refractivity contribution is 5.54. The Morgan fingerprint density at radius 1 is 1.00 bits per heavy atom. The van der Waals surface area contributed by atoms with Crippen LogP contribution in [0, 0.1) is 13.8 Å². The lowest BCUT2D eigenvalue weighted by molar-refractivity contribution is 0.659. The number of hydrogen-bond donors (Lipinski definition) is 0. The third kappa shape index (κ3) is 5.45. The molecule has 0 aliphatic carbocycles. The molecule has 0 saturated carbocycles. The number of halogens is 1. The predicted molar refractivity (Wildman–Crippen MR) is 130 cm³/mol. The lowest BCUT2D eigenvalue weighted by atomic mass is 9.87. The maximum absolute atomic E-state index is 14.3. The monoisotopic (exact) mass is 398 g/mol. The van der Waals surface area contributed by atoms with Crippen LogP contribution in [0.25, 0.3) is 0 Å². The van der Waals surface area contributed by atoms with Gasteiger partial charge in [-0.3, -0.25) is 0 Å². The van der Waals surface area contributed by atoms with E-state index in [1.807, 2.05) is 6.08 Å². The zero-order valence-corrected chi connectivity index (χ0v) is 18.3.